The number of thiazole rings is 1. The predicted octanol–water partition coefficient (Wildman–Crippen LogP) is 2.54. The molecule has 2 rings (SSSR count). The second kappa shape index (κ2) is 5.79. The van der Waals surface area contributed by atoms with E-state index < -0.39 is 5.97 Å². The van der Waals surface area contributed by atoms with Gasteiger partial charge < -0.3 is 10.4 Å². The van der Waals surface area contributed by atoms with E-state index in [9.17, 15) is 4.79 Å². The van der Waals surface area contributed by atoms with Gasteiger partial charge in [0.15, 0.2) is 0 Å². The summed E-state index contributed by atoms with van der Waals surface area (Å²) in [4.78, 5) is 19.0. The van der Waals surface area contributed by atoms with Crippen LogP contribution in [0.4, 0.5) is 5.82 Å². The van der Waals surface area contributed by atoms with Crippen LogP contribution in [-0.4, -0.2) is 27.6 Å². The maximum absolute atomic E-state index is 10.9. The number of aromatic nitrogens is 2. The number of pyridine rings is 1. The molecule has 0 aromatic carbocycles. The molecular weight excluding hydrogens is 274 g/mol. The van der Waals surface area contributed by atoms with Crippen LogP contribution in [0.15, 0.2) is 23.2 Å². The first-order chi connectivity index (χ1) is 8.68. The van der Waals surface area contributed by atoms with Crippen molar-refractivity contribution in [1.82, 2.24) is 9.97 Å². The third-order valence-corrected chi connectivity index (χ3v) is 3.29. The molecular formula is C11H10ClN3O2S. The van der Waals surface area contributed by atoms with Crippen LogP contribution < -0.4 is 5.32 Å². The fourth-order valence-corrected chi connectivity index (χ4v) is 2.25. The fourth-order valence-electron chi connectivity index (χ4n) is 1.40. The van der Waals surface area contributed by atoms with Crippen LogP contribution in [0.25, 0.3) is 0 Å². The monoisotopic (exact) mass is 283 g/mol. The molecule has 0 bridgehead atoms. The van der Waals surface area contributed by atoms with Gasteiger partial charge in [-0.15, -0.1) is 11.3 Å². The Kier molecular flexibility index (Phi) is 4.11. The Hall–Kier alpha value is -1.66. The Morgan fingerprint density at radius 2 is 2.33 bits per heavy atom. The summed E-state index contributed by atoms with van der Waals surface area (Å²) < 4.78 is 0. The normalized spacial score (nSPS) is 10.3. The van der Waals surface area contributed by atoms with E-state index in [1.54, 1.807) is 5.51 Å². The van der Waals surface area contributed by atoms with Crippen molar-refractivity contribution >= 4 is 34.7 Å². The summed E-state index contributed by atoms with van der Waals surface area (Å²) in [6, 6.07) is 1.37. The number of anilines is 1. The molecule has 0 atom stereocenters. The maximum Gasteiger partial charge on any atom is 0.337 e. The van der Waals surface area contributed by atoms with E-state index in [4.69, 9.17) is 16.7 Å². The van der Waals surface area contributed by atoms with Crippen molar-refractivity contribution in [3.8, 4) is 0 Å². The largest absolute Gasteiger partial charge is 0.478 e. The van der Waals surface area contributed by atoms with Gasteiger partial charge in [0.1, 0.15) is 5.82 Å². The Morgan fingerprint density at radius 1 is 1.50 bits per heavy atom. The zero-order valence-corrected chi connectivity index (χ0v) is 10.8. The molecule has 5 nitrogen and oxygen atoms in total. The molecule has 0 fully saturated rings. The third-order valence-electron chi connectivity index (χ3n) is 2.28. The SMILES string of the molecule is O=C(O)c1ccnc(NCCc2cscn2)c1Cl. The molecule has 2 N–H and O–H groups in total. The van der Waals surface area contributed by atoms with Crippen molar-refractivity contribution in [3.63, 3.8) is 0 Å². The molecule has 0 unspecified atom stereocenters. The van der Waals surface area contributed by atoms with Crippen molar-refractivity contribution in [3.05, 3.63) is 39.4 Å². The number of halogens is 1. The second-order valence-corrected chi connectivity index (χ2v) is 4.58. The van der Waals surface area contributed by atoms with Gasteiger partial charge in [0.25, 0.3) is 0 Å². The van der Waals surface area contributed by atoms with Gasteiger partial charge in [-0.3, -0.25) is 0 Å². The summed E-state index contributed by atoms with van der Waals surface area (Å²) in [6.07, 6.45) is 2.15. The van der Waals surface area contributed by atoms with Gasteiger partial charge >= 0.3 is 5.97 Å². The van der Waals surface area contributed by atoms with Crippen LogP contribution in [0, 0.1) is 0 Å². The van der Waals surface area contributed by atoms with E-state index in [2.05, 4.69) is 15.3 Å². The lowest BCUT2D eigenvalue weighted by Gasteiger charge is -2.07. The first-order valence-corrected chi connectivity index (χ1v) is 6.49. The number of rotatable bonds is 5. The molecule has 2 aromatic rings. The predicted molar refractivity (Wildman–Crippen MR) is 70.5 cm³/mol. The summed E-state index contributed by atoms with van der Waals surface area (Å²) in [7, 11) is 0. The van der Waals surface area contributed by atoms with E-state index in [1.165, 1.54) is 23.6 Å². The van der Waals surface area contributed by atoms with Crippen LogP contribution in [0.3, 0.4) is 0 Å². The quantitative estimate of drug-likeness (QED) is 0.882. The minimum Gasteiger partial charge on any atom is -0.478 e. The van der Waals surface area contributed by atoms with Crippen molar-refractivity contribution in [2.24, 2.45) is 0 Å². The summed E-state index contributed by atoms with van der Waals surface area (Å²) in [5, 5.41) is 14.0. The highest BCUT2D eigenvalue weighted by Crippen LogP contribution is 2.23. The first-order valence-electron chi connectivity index (χ1n) is 5.17. The first kappa shape index (κ1) is 12.8. The lowest BCUT2D eigenvalue weighted by Crippen LogP contribution is -2.09. The van der Waals surface area contributed by atoms with E-state index in [0.717, 1.165) is 12.1 Å². The Labute approximate surface area is 112 Å². The van der Waals surface area contributed by atoms with E-state index in [1.807, 2.05) is 5.38 Å². The molecule has 18 heavy (non-hydrogen) atoms. The lowest BCUT2D eigenvalue weighted by molar-refractivity contribution is 0.0697. The lowest BCUT2D eigenvalue weighted by atomic mass is 10.2. The van der Waals surface area contributed by atoms with Gasteiger partial charge in [-0.1, -0.05) is 11.6 Å². The van der Waals surface area contributed by atoms with Crippen LogP contribution >= 0.6 is 22.9 Å². The standard InChI is InChI=1S/C11H10ClN3O2S/c12-9-8(11(16)17)2-4-14-10(9)13-3-1-7-5-18-6-15-7/h2,4-6H,1,3H2,(H,13,14)(H,16,17). The summed E-state index contributed by atoms with van der Waals surface area (Å²) in [5.74, 6) is -0.684. The minimum atomic E-state index is -1.06. The Morgan fingerprint density at radius 3 is 3.00 bits per heavy atom. The molecule has 7 heteroatoms. The number of nitrogens with one attached hydrogen (secondary N) is 1. The van der Waals surface area contributed by atoms with Crippen LogP contribution in [-0.2, 0) is 6.42 Å². The summed E-state index contributed by atoms with van der Waals surface area (Å²) in [6.45, 7) is 0.597. The smallest absolute Gasteiger partial charge is 0.337 e. The fraction of sp³-hybridized carbons (Fsp3) is 0.182. The molecule has 0 aliphatic rings. The van der Waals surface area contributed by atoms with Crippen molar-refractivity contribution in [1.29, 1.82) is 0 Å². The molecule has 94 valence electrons. The highest BCUT2D eigenvalue weighted by molar-refractivity contribution is 7.07. The average molecular weight is 284 g/mol. The highest BCUT2D eigenvalue weighted by atomic mass is 35.5. The summed E-state index contributed by atoms with van der Waals surface area (Å²) in [5.41, 5.74) is 2.80. The van der Waals surface area contributed by atoms with Gasteiger partial charge in [0.05, 0.1) is 21.8 Å². The molecule has 2 heterocycles. The zero-order valence-electron chi connectivity index (χ0n) is 9.26. The van der Waals surface area contributed by atoms with Gasteiger partial charge in [-0.2, -0.15) is 0 Å². The third kappa shape index (κ3) is 2.96. The summed E-state index contributed by atoms with van der Waals surface area (Å²) >= 11 is 7.48. The number of aromatic carboxylic acids is 1. The minimum absolute atomic E-state index is 0.0443. The molecule has 0 saturated carbocycles. The maximum atomic E-state index is 10.9. The van der Waals surface area contributed by atoms with Crippen molar-refractivity contribution in [2.45, 2.75) is 6.42 Å². The molecule has 0 spiro atoms. The van der Waals surface area contributed by atoms with Crippen LogP contribution in [0.5, 0.6) is 0 Å². The van der Waals surface area contributed by atoms with Crippen LogP contribution in [0.2, 0.25) is 5.02 Å². The van der Waals surface area contributed by atoms with Crippen molar-refractivity contribution in [2.75, 3.05) is 11.9 Å². The molecule has 2 aromatic heterocycles. The topological polar surface area (TPSA) is 75.1 Å². The van der Waals surface area contributed by atoms with E-state index in [0.29, 0.717) is 12.4 Å². The average Bonchev–Trinajstić information content (AvgIpc) is 2.84. The molecule has 0 amide bonds. The molecule has 0 aliphatic carbocycles. The molecule has 0 radical (unpaired) electrons. The van der Waals surface area contributed by atoms with Gasteiger partial charge in [0.2, 0.25) is 0 Å². The van der Waals surface area contributed by atoms with E-state index in [-0.39, 0.29) is 10.6 Å². The second-order valence-electron chi connectivity index (χ2n) is 3.48. The number of carbonyl (C=O) groups is 1. The zero-order chi connectivity index (χ0) is 13.0. The number of carboxylic acid groups (broad SMARTS) is 1. The molecule has 0 saturated heterocycles. The number of hydrogen-bond donors (Lipinski definition) is 2. The van der Waals surface area contributed by atoms with E-state index >= 15 is 0 Å². The molecule has 0 aliphatic heterocycles. The van der Waals surface area contributed by atoms with Gasteiger partial charge in [0, 0.05) is 24.5 Å². The highest BCUT2D eigenvalue weighted by Gasteiger charge is 2.12. The van der Waals surface area contributed by atoms with Gasteiger partial charge in [-0.25, -0.2) is 14.8 Å². The number of nitrogens with zero attached hydrogens (tertiary/aromatic N) is 2. The number of carboxylic acids is 1. The number of hydrogen-bond acceptors (Lipinski definition) is 5. The Bertz CT molecular complexity index is 545. The Balaban J connectivity index is 2.01. The van der Waals surface area contributed by atoms with Crippen molar-refractivity contribution < 1.29 is 9.90 Å². The van der Waals surface area contributed by atoms with Crippen LogP contribution in [0.1, 0.15) is 16.1 Å². The van der Waals surface area contributed by atoms with Gasteiger partial charge in [-0.05, 0) is 6.07 Å².